The summed E-state index contributed by atoms with van der Waals surface area (Å²) >= 11 is 1.57. The van der Waals surface area contributed by atoms with E-state index >= 15 is 0 Å². The van der Waals surface area contributed by atoms with Crippen molar-refractivity contribution in [3.8, 4) is 0 Å². The first-order valence-electron chi connectivity index (χ1n) is 8.41. The van der Waals surface area contributed by atoms with Gasteiger partial charge in [-0.05, 0) is 19.4 Å². The monoisotopic (exact) mass is 388 g/mol. The molecular weight excluding hydrogens is 368 g/mol. The van der Waals surface area contributed by atoms with E-state index in [4.69, 9.17) is 11.5 Å². The van der Waals surface area contributed by atoms with Crippen molar-refractivity contribution in [2.24, 2.45) is 11.5 Å². The second-order valence-electron chi connectivity index (χ2n) is 7.22. The van der Waals surface area contributed by atoms with Crippen molar-refractivity contribution in [1.82, 2.24) is 30.8 Å². The van der Waals surface area contributed by atoms with Crippen molar-refractivity contribution in [1.29, 1.82) is 0 Å². The van der Waals surface area contributed by atoms with Crippen molar-refractivity contribution >= 4 is 23.6 Å². The molecule has 2 saturated heterocycles. The van der Waals surface area contributed by atoms with Gasteiger partial charge in [0.15, 0.2) is 11.5 Å². The molecule has 142 valence electrons. The van der Waals surface area contributed by atoms with Crippen LogP contribution in [0.15, 0.2) is 30.3 Å². The molecule has 0 aliphatic carbocycles. The summed E-state index contributed by atoms with van der Waals surface area (Å²) in [5, 5.41) is 16.5. The number of nitrogens with zero attached hydrogens (tertiary/aromatic N) is 4. The van der Waals surface area contributed by atoms with Crippen molar-refractivity contribution in [3.63, 3.8) is 0 Å². The molecule has 2 aliphatic heterocycles. The highest BCUT2D eigenvalue weighted by Crippen LogP contribution is 2.56. The molecule has 2 fully saturated rings. The van der Waals surface area contributed by atoms with Gasteiger partial charge in [0.2, 0.25) is 5.91 Å². The predicted octanol–water partition coefficient (Wildman–Crippen LogP) is -0.810. The third-order valence-electron chi connectivity index (χ3n) is 4.96. The van der Waals surface area contributed by atoms with E-state index in [2.05, 4.69) is 25.9 Å². The zero-order valence-electron chi connectivity index (χ0n) is 14.8. The molecule has 3 atom stereocenters. The number of aromatic amines is 1. The fourth-order valence-electron chi connectivity index (χ4n) is 3.56. The first-order valence-corrected chi connectivity index (χ1v) is 9.29. The lowest BCUT2D eigenvalue weighted by Gasteiger charge is -2.44. The standard InChI is InChI=1S/C16H20N8O2S/c1-15(2)10(11-20-22-23-21-11)24-12(25)9(13(24)27-15)19-14(26)16(17,18)8-6-4-3-5-7-8/h3-7,9-10,13H,17-18H2,1-2H3,(H,19,26)(H,20,21,22,23)/t9?,10?,13-/m1/s1. The lowest BCUT2D eigenvalue weighted by molar-refractivity contribution is -0.152. The Morgan fingerprint density at radius 1 is 1.33 bits per heavy atom. The molecule has 10 nitrogen and oxygen atoms in total. The number of nitrogens with two attached hydrogens (primary N) is 2. The number of β-lactam (4-membered cyclic amide) rings is 1. The van der Waals surface area contributed by atoms with E-state index in [0.717, 1.165) is 0 Å². The number of nitrogens with one attached hydrogen (secondary N) is 2. The topological polar surface area (TPSA) is 156 Å². The van der Waals surface area contributed by atoms with E-state index in [1.807, 2.05) is 13.8 Å². The number of thioether (sulfide) groups is 1. The number of amides is 2. The van der Waals surface area contributed by atoms with Crippen molar-refractivity contribution < 1.29 is 9.59 Å². The van der Waals surface area contributed by atoms with E-state index < -0.39 is 17.6 Å². The zero-order valence-corrected chi connectivity index (χ0v) is 15.6. The Labute approximate surface area is 159 Å². The average molecular weight is 388 g/mol. The third-order valence-corrected chi connectivity index (χ3v) is 6.53. The Morgan fingerprint density at radius 2 is 2.04 bits per heavy atom. The van der Waals surface area contributed by atoms with Crippen LogP contribution in [0.4, 0.5) is 0 Å². The predicted molar refractivity (Wildman–Crippen MR) is 97.6 cm³/mol. The Bertz CT molecular complexity index is 870. The van der Waals surface area contributed by atoms with Crippen LogP contribution in [0.25, 0.3) is 0 Å². The number of hydrogen-bond donors (Lipinski definition) is 4. The largest absolute Gasteiger partial charge is 0.339 e. The molecule has 0 saturated carbocycles. The summed E-state index contributed by atoms with van der Waals surface area (Å²) in [5.74, 6) is -0.373. The van der Waals surface area contributed by atoms with Gasteiger partial charge in [0.1, 0.15) is 17.5 Å². The highest BCUT2D eigenvalue weighted by Gasteiger charge is 2.63. The number of rotatable bonds is 4. The lowest BCUT2D eigenvalue weighted by Crippen LogP contribution is -2.71. The molecule has 1 aromatic carbocycles. The van der Waals surface area contributed by atoms with Crippen LogP contribution >= 0.6 is 11.8 Å². The molecule has 27 heavy (non-hydrogen) atoms. The van der Waals surface area contributed by atoms with E-state index in [1.165, 1.54) is 0 Å². The van der Waals surface area contributed by atoms with Gasteiger partial charge in [-0.25, -0.2) is 0 Å². The second-order valence-corrected chi connectivity index (χ2v) is 8.99. The van der Waals surface area contributed by atoms with Crippen LogP contribution in [-0.2, 0) is 15.3 Å². The van der Waals surface area contributed by atoms with Gasteiger partial charge in [0, 0.05) is 4.75 Å². The van der Waals surface area contributed by atoms with Crippen LogP contribution in [0.3, 0.4) is 0 Å². The first-order chi connectivity index (χ1) is 12.7. The van der Waals surface area contributed by atoms with Crippen LogP contribution in [0.2, 0.25) is 0 Å². The Hall–Kier alpha value is -2.50. The summed E-state index contributed by atoms with van der Waals surface area (Å²) in [5.41, 5.74) is 10.8. The van der Waals surface area contributed by atoms with Gasteiger partial charge in [0.05, 0.1) is 0 Å². The lowest BCUT2D eigenvalue weighted by atomic mass is 9.94. The fourth-order valence-corrected chi connectivity index (χ4v) is 5.19. The van der Waals surface area contributed by atoms with Gasteiger partial charge >= 0.3 is 0 Å². The molecule has 4 rings (SSSR count). The third kappa shape index (κ3) is 2.69. The van der Waals surface area contributed by atoms with Crippen LogP contribution in [-0.4, -0.2) is 53.5 Å². The van der Waals surface area contributed by atoms with E-state index in [-0.39, 0.29) is 22.1 Å². The summed E-state index contributed by atoms with van der Waals surface area (Å²) < 4.78 is -0.342. The van der Waals surface area contributed by atoms with Crippen molar-refractivity contribution in [2.75, 3.05) is 0 Å². The minimum Gasteiger partial charge on any atom is -0.339 e. The summed E-state index contributed by atoms with van der Waals surface area (Å²) in [4.78, 5) is 27.1. The maximum absolute atomic E-state index is 12.8. The highest BCUT2D eigenvalue weighted by molar-refractivity contribution is 8.01. The van der Waals surface area contributed by atoms with Crippen LogP contribution < -0.4 is 16.8 Å². The summed E-state index contributed by atoms with van der Waals surface area (Å²) in [6.45, 7) is 4.01. The van der Waals surface area contributed by atoms with E-state index in [1.54, 1.807) is 47.0 Å². The van der Waals surface area contributed by atoms with Gasteiger partial charge < -0.3 is 21.7 Å². The fraction of sp³-hybridized carbons (Fsp3) is 0.438. The SMILES string of the molecule is CC1(C)S[C@@H]2C(NC(=O)C(N)(N)c3ccccc3)C(=O)N2C1c1nn[nH]n1. The van der Waals surface area contributed by atoms with Gasteiger partial charge in [-0.15, -0.1) is 22.0 Å². The Morgan fingerprint density at radius 3 is 2.67 bits per heavy atom. The average Bonchev–Trinajstić information content (AvgIpc) is 3.24. The molecule has 0 spiro atoms. The number of fused-ring (bicyclic) bond motifs is 1. The van der Waals surface area contributed by atoms with Gasteiger partial charge in [-0.2, -0.15) is 5.21 Å². The number of hydrogen-bond acceptors (Lipinski definition) is 8. The number of carbonyl (C=O) groups is 2. The molecule has 0 bridgehead atoms. The Kier molecular flexibility index (Phi) is 3.98. The molecule has 2 unspecified atom stereocenters. The van der Waals surface area contributed by atoms with E-state index in [9.17, 15) is 9.59 Å². The zero-order chi connectivity index (χ0) is 19.4. The van der Waals surface area contributed by atoms with Gasteiger partial charge in [0.25, 0.3) is 5.91 Å². The van der Waals surface area contributed by atoms with Crippen molar-refractivity contribution in [3.05, 3.63) is 41.7 Å². The summed E-state index contributed by atoms with van der Waals surface area (Å²) in [7, 11) is 0. The van der Waals surface area contributed by atoms with E-state index in [0.29, 0.717) is 11.4 Å². The minimum atomic E-state index is -1.73. The van der Waals surface area contributed by atoms with Gasteiger partial charge in [-0.3, -0.25) is 9.59 Å². The molecular formula is C16H20N8O2S. The molecule has 2 amide bonds. The number of carbonyl (C=O) groups excluding carboxylic acids is 2. The quantitative estimate of drug-likeness (QED) is 0.391. The molecule has 2 aromatic rings. The van der Waals surface area contributed by atoms with Crippen LogP contribution in [0, 0.1) is 0 Å². The van der Waals surface area contributed by atoms with Gasteiger partial charge in [-0.1, -0.05) is 35.5 Å². The number of benzene rings is 1. The first kappa shape index (κ1) is 17.9. The second kappa shape index (κ2) is 6.01. The Balaban J connectivity index is 1.53. The number of aromatic nitrogens is 4. The van der Waals surface area contributed by atoms with Crippen LogP contribution in [0.5, 0.6) is 0 Å². The molecule has 2 aliphatic rings. The molecule has 3 heterocycles. The summed E-state index contributed by atoms with van der Waals surface area (Å²) in [6, 6.07) is 7.62. The summed E-state index contributed by atoms with van der Waals surface area (Å²) in [6.07, 6.45) is 0. The normalized spacial score (nSPS) is 26.4. The number of tetrazole rings is 1. The van der Waals surface area contributed by atoms with Crippen molar-refractivity contribution in [2.45, 2.75) is 41.7 Å². The smallest absolute Gasteiger partial charge is 0.260 e. The number of H-pyrrole nitrogens is 1. The maximum atomic E-state index is 12.8. The molecule has 1 aromatic heterocycles. The highest BCUT2D eigenvalue weighted by atomic mass is 32.2. The molecule has 6 N–H and O–H groups in total. The molecule has 11 heteroatoms. The molecule has 0 radical (unpaired) electrons. The maximum Gasteiger partial charge on any atom is 0.260 e. The van der Waals surface area contributed by atoms with Crippen LogP contribution in [0.1, 0.15) is 31.3 Å². The minimum absolute atomic E-state index is 0.218.